The van der Waals surface area contributed by atoms with Crippen molar-refractivity contribution in [2.45, 2.75) is 32.8 Å². The molecule has 0 spiro atoms. The molecule has 0 aromatic heterocycles. The Morgan fingerprint density at radius 1 is 1.43 bits per heavy atom. The first kappa shape index (κ1) is 16.4. The standard InChI is InChI=1S/C16H18N2O3/c1-16(2,3)21-15(20)18-9-5-4-6-12-7-8-14(19)13(10-12)11-17/h7-8,10,19H,5,9H2,1-3H3,(H,18,20). The van der Waals surface area contributed by atoms with Gasteiger partial charge in [0.25, 0.3) is 0 Å². The topological polar surface area (TPSA) is 82.3 Å². The Bertz CT molecular complexity index is 613. The van der Waals surface area contributed by atoms with Crippen LogP contribution in [0.3, 0.4) is 0 Å². The number of rotatable bonds is 2. The Hall–Kier alpha value is -2.66. The molecule has 0 heterocycles. The number of hydrogen-bond acceptors (Lipinski definition) is 4. The Labute approximate surface area is 124 Å². The van der Waals surface area contributed by atoms with Gasteiger partial charge in [0.05, 0.1) is 5.56 Å². The average Bonchev–Trinajstić information content (AvgIpc) is 2.38. The molecule has 0 aliphatic heterocycles. The summed E-state index contributed by atoms with van der Waals surface area (Å²) >= 11 is 0. The molecule has 110 valence electrons. The summed E-state index contributed by atoms with van der Waals surface area (Å²) in [5.41, 5.74) is 0.311. The van der Waals surface area contributed by atoms with Crippen molar-refractivity contribution in [3.05, 3.63) is 29.3 Å². The first-order valence-electron chi connectivity index (χ1n) is 6.50. The smallest absolute Gasteiger partial charge is 0.407 e. The van der Waals surface area contributed by atoms with Gasteiger partial charge in [-0.25, -0.2) is 4.79 Å². The van der Waals surface area contributed by atoms with E-state index in [1.54, 1.807) is 26.8 Å². The molecule has 21 heavy (non-hydrogen) atoms. The van der Waals surface area contributed by atoms with Gasteiger partial charge >= 0.3 is 6.09 Å². The summed E-state index contributed by atoms with van der Waals surface area (Å²) in [5, 5.41) is 20.8. The van der Waals surface area contributed by atoms with Crippen LogP contribution in [0.5, 0.6) is 5.75 Å². The number of carbonyl (C=O) groups is 1. The molecular formula is C16H18N2O3. The number of phenols is 1. The van der Waals surface area contributed by atoms with Crippen molar-refractivity contribution in [3.63, 3.8) is 0 Å². The van der Waals surface area contributed by atoms with Crippen molar-refractivity contribution in [2.24, 2.45) is 0 Å². The second kappa shape index (κ2) is 7.21. The van der Waals surface area contributed by atoms with Crippen LogP contribution < -0.4 is 5.32 Å². The summed E-state index contributed by atoms with van der Waals surface area (Å²) in [4.78, 5) is 11.4. The molecule has 0 bridgehead atoms. The van der Waals surface area contributed by atoms with Gasteiger partial charge in [0.15, 0.2) is 0 Å². The van der Waals surface area contributed by atoms with E-state index in [1.165, 1.54) is 12.1 Å². The summed E-state index contributed by atoms with van der Waals surface area (Å²) in [7, 11) is 0. The summed E-state index contributed by atoms with van der Waals surface area (Å²) in [5.74, 6) is 5.68. The lowest BCUT2D eigenvalue weighted by molar-refractivity contribution is 0.0529. The molecule has 1 rings (SSSR count). The van der Waals surface area contributed by atoms with Crippen LogP contribution in [0.15, 0.2) is 18.2 Å². The third-order valence-corrected chi connectivity index (χ3v) is 2.27. The van der Waals surface area contributed by atoms with Gasteiger partial charge < -0.3 is 15.2 Å². The maximum absolute atomic E-state index is 11.4. The first-order valence-corrected chi connectivity index (χ1v) is 6.50. The predicted molar refractivity (Wildman–Crippen MR) is 78.6 cm³/mol. The molecule has 0 radical (unpaired) electrons. The number of alkyl carbamates (subject to hydrolysis) is 1. The van der Waals surface area contributed by atoms with E-state index in [0.29, 0.717) is 18.5 Å². The Morgan fingerprint density at radius 2 is 2.14 bits per heavy atom. The molecule has 0 unspecified atom stereocenters. The fourth-order valence-corrected chi connectivity index (χ4v) is 1.41. The molecular weight excluding hydrogens is 268 g/mol. The molecule has 0 fully saturated rings. The van der Waals surface area contributed by atoms with E-state index in [0.717, 1.165) is 0 Å². The Morgan fingerprint density at radius 3 is 2.76 bits per heavy atom. The zero-order valence-corrected chi connectivity index (χ0v) is 12.4. The van der Waals surface area contributed by atoms with Crippen molar-refractivity contribution in [1.29, 1.82) is 5.26 Å². The number of aromatic hydroxyl groups is 1. The average molecular weight is 286 g/mol. The van der Waals surface area contributed by atoms with Crippen molar-refractivity contribution in [3.8, 4) is 23.7 Å². The van der Waals surface area contributed by atoms with E-state index in [9.17, 15) is 9.90 Å². The number of nitrogens with one attached hydrogen (secondary N) is 1. The van der Waals surface area contributed by atoms with Gasteiger partial charge in [0.1, 0.15) is 17.4 Å². The van der Waals surface area contributed by atoms with Gasteiger partial charge in [0, 0.05) is 18.5 Å². The highest BCUT2D eigenvalue weighted by molar-refractivity contribution is 5.67. The zero-order valence-electron chi connectivity index (χ0n) is 12.4. The minimum Gasteiger partial charge on any atom is -0.507 e. The second-order valence-electron chi connectivity index (χ2n) is 5.32. The number of nitriles is 1. The minimum atomic E-state index is -0.518. The molecule has 0 aliphatic carbocycles. The van der Waals surface area contributed by atoms with E-state index in [4.69, 9.17) is 10.00 Å². The van der Waals surface area contributed by atoms with Crippen molar-refractivity contribution >= 4 is 6.09 Å². The van der Waals surface area contributed by atoms with Crippen LogP contribution in [-0.4, -0.2) is 23.3 Å². The van der Waals surface area contributed by atoms with E-state index >= 15 is 0 Å². The number of ether oxygens (including phenoxy) is 1. The summed E-state index contributed by atoms with van der Waals surface area (Å²) in [6.07, 6.45) is -0.0113. The number of hydrogen-bond donors (Lipinski definition) is 2. The summed E-state index contributed by atoms with van der Waals surface area (Å²) in [6.45, 7) is 5.77. The number of phenolic OH excluding ortho intramolecular Hbond substituents is 1. The Kier molecular flexibility index (Phi) is 5.63. The highest BCUT2D eigenvalue weighted by atomic mass is 16.6. The lowest BCUT2D eigenvalue weighted by Crippen LogP contribution is -2.32. The zero-order chi connectivity index (χ0) is 15.9. The third-order valence-electron chi connectivity index (χ3n) is 2.27. The van der Waals surface area contributed by atoms with Crippen molar-refractivity contribution in [2.75, 3.05) is 6.54 Å². The quantitative estimate of drug-likeness (QED) is 0.646. The van der Waals surface area contributed by atoms with Crippen molar-refractivity contribution < 1.29 is 14.6 Å². The second-order valence-corrected chi connectivity index (χ2v) is 5.32. The minimum absolute atomic E-state index is 0.0605. The largest absolute Gasteiger partial charge is 0.507 e. The summed E-state index contributed by atoms with van der Waals surface area (Å²) < 4.78 is 5.08. The maximum Gasteiger partial charge on any atom is 0.407 e. The van der Waals surface area contributed by atoms with Crippen LogP contribution in [0.4, 0.5) is 4.79 Å². The molecule has 1 amide bonds. The van der Waals surface area contributed by atoms with Crippen LogP contribution >= 0.6 is 0 Å². The van der Waals surface area contributed by atoms with Gasteiger partial charge in [0.2, 0.25) is 0 Å². The number of amides is 1. The predicted octanol–water partition coefficient (Wildman–Crippen LogP) is 2.53. The Balaban J connectivity index is 2.44. The molecule has 0 aliphatic rings. The molecule has 1 aromatic carbocycles. The molecule has 1 aromatic rings. The van der Waals surface area contributed by atoms with Crippen LogP contribution in [0.25, 0.3) is 0 Å². The molecule has 0 saturated heterocycles. The molecule has 5 heteroatoms. The fourth-order valence-electron chi connectivity index (χ4n) is 1.41. The van der Waals surface area contributed by atoms with Crippen LogP contribution in [0.1, 0.15) is 38.3 Å². The van der Waals surface area contributed by atoms with Gasteiger partial charge in [-0.15, -0.1) is 0 Å². The normalized spacial score (nSPS) is 10.0. The summed E-state index contributed by atoms with van der Waals surface area (Å²) in [6, 6.07) is 6.46. The first-order chi connectivity index (χ1) is 9.81. The molecule has 0 saturated carbocycles. The maximum atomic E-state index is 11.4. The fraction of sp³-hybridized carbons (Fsp3) is 0.375. The van der Waals surface area contributed by atoms with Crippen LogP contribution in [0, 0.1) is 23.2 Å². The molecule has 2 N–H and O–H groups in total. The van der Waals surface area contributed by atoms with E-state index in [2.05, 4.69) is 17.2 Å². The molecule has 0 atom stereocenters. The number of nitrogens with zero attached hydrogens (tertiary/aromatic N) is 1. The van der Waals surface area contributed by atoms with Gasteiger partial charge in [-0.05, 0) is 39.0 Å². The highest BCUT2D eigenvalue weighted by Crippen LogP contribution is 2.16. The molecule has 5 nitrogen and oxygen atoms in total. The van der Waals surface area contributed by atoms with Crippen LogP contribution in [0.2, 0.25) is 0 Å². The lowest BCUT2D eigenvalue weighted by atomic mass is 10.1. The van der Waals surface area contributed by atoms with Gasteiger partial charge in [-0.3, -0.25) is 0 Å². The number of carbonyl (C=O) groups excluding carboxylic acids is 1. The lowest BCUT2D eigenvalue weighted by Gasteiger charge is -2.19. The SMILES string of the molecule is CC(C)(C)OC(=O)NCCC#Cc1ccc(O)c(C#N)c1. The van der Waals surface area contributed by atoms with Gasteiger partial charge in [-0.2, -0.15) is 5.26 Å². The van der Waals surface area contributed by atoms with E-state index in [1.807, 2.05) is 6.07 Å². The van der Waals surface area contributed by atoms with Gasteiger partial charge in [-0.1, -0.05) is 11.8 Å². The van der Waals surface area contributed by atoms with E-state index in [-0.39, 0.29) is 11.3 Å². The number of benzene rings is 1. The van der Waals surface area contributed by atoms with Crippen LogP contribution in [-0.2, 0) is 4.74 Å². The van der Waals surface area contributed by atoms with Crippen molar-refractivity contribution in [1.82, 2.24) is 5.32 Å². The highest BCUT2D eigenvalue weighted by Gasteiger charge is 2.15. The third kappa shape index (κ3) is 6.35. The van der Waals surface area contributed by atoms with E-state index < -0.39 is 11.7 Å². The monoisotopic (exact) mass is 286 g/mol.